The van der Waals surface area contributed by atoms with Crippen molar-refractivity contribution in [2.75, 3.05) is 20.3 Å². The van der Waals surface area contributed by atoms with E-state index in [9.17, 15) is 0 Å². The van der Waals surface area contributed by atoms with Crippen LogP contribution < -0.4 is 5.32 Å². The molecule has 1 aliphatic rings. The molecule has 0 radical (unpaired) electrons. The Labute approximate surface area is 82.0 Å². The molecule has 0 unspecified atom stereocenters. The van der Waals surface area contributed by atoms with Crippen LogP contribution in [0.3, 0.4) is 0 Å². The van der Waals surface area contributed by atoms with Crippen LogP contribution >= 0.6 is 0 Å². The number of hydrogen-bond acceptors (Lipinski definition) is 2. The Balaban J connectivity index is 2.19. The average Bonchev–Trinajstić information content (AvgIpc) is 2.03. The molecule has 0 heterocycles. The van der Waals surface area contributed by atoms with Crippen LogP contribution in [-0.2, 0) is 4.74 Å². The van der Waals surface area contributed by atoms with Crippen molar-refractivity contribution in [3.05, 3.63) is 0 Å². The summed E-state index contributed by atoms with van der Waals surface area (Å²) >= 11 is 0. The number of ether oxygens (including phenoxy) is 1. The van der Waals surface area contributed by atoms with Crippen molar-refractivity contribution in [2.45, 2.75) is 45.6 Å². The first-order valence-electron chi connectivity index (χ1n) is 5.36. The maximum atomic E-state index is 5.02. The SMILES string of the molecule is COCCN[C@H]1CCCC(C)(C)C1. The quantitative estimate of drug-likeness (QED) is 0.678. The lowest BCUT2D eigenvalue weighted by Gasteiger charge is -2.35. The maximum Gasteiger partial charge on any atom is 0.0587 e. The molecule has 0 aromatic carbocycles. The first-order valence-corrected chi connectivity index (χ1v) is 5.36. The van der Waals surface area contributed by atoms with Gasteiger partial charge in [-0.25, -0.2) is 0 Å². The lowest BCUT2D eigenvalue weighted by Crippen LogP contribution is -2.38. The summed E-state index contributed by atoms with van der Waals surface area (Å²) in [4.78, 5) is 0. The maximum absolute atomic E-state index is 5.02. The predicted molar refractivity (Wildman–Crippen MR) is 55.9 cm³/mol. The first kappa shape index (κ1) is 11.0. The van der Waals surface area contributed by atoms with E-state index in [1.165, 1.54) is 25.7 Å². The molecule has 0 bridgehead atoms. The molecule has 0 spiro atoms. The Morgan fingerprint density at radius 2 is 2.23 bits per heavy atom. The summed E-state index contributed by atoms with van der Waals surface area (Å²) in [6.45, 7) is 6.57. The van der Waals surface area contributed by atoms with E-state index in [1.807, 2.05) is 0 Å². The highest BCUT2D eigenvalue weighted by Crippen LogP contribution is 2.34. The van der Waals surface area contributed by atoms with Gasteiger partial charge in [0.2, 0.25) is 0 Å². The number of rotatable bonds is 4. The van der Waals surface area contributed by atoms with Gasteiger partial charge in [0.05, 0.1) is 6.61 Å². The highest BCUT2D eigenvalue weighted by atomic mass is 16.5. The summed E-state index contributed by atoms with van der Waals surface area (Å²) in [7, 11) is 1.76. The number of nitrogens with one attached hydrogen (secondary N) is 1. The Bertz CT molecular complexity index is 145. The lowest BCUT2D eigenvalue weighted by molar-refractivity contribution is 0.168. The van der Waals surface area contributed by atoms with E-state index in [2.05, 4.69) is 19.2 Å². The van der Waals surface area contributed by atoms with Crippen LogP contribution in [0.15, 0.2) is 0 Å². The van der Waals surface area contributed by atoms with Crippen molar-refractivity contribution in [3.8, 4) is 0 Å². The summed E-state index contributed by atoms with van der Waals surface area (Å²) in [6, 6.07) is 0.721. The summed E-state index contributed by atoms with van der Waals surface area (Å²) in [5.41, 5.74) is 0.545. The third kappa shape index (κ3) is 4.10. The fourth-order valence-corrected chi connectivity index (χ4v) is 2.24. The van der Waals surface area contributed by atoms with Crippen molar-refractivity contribution >= 4 is 0 Å². The van der Waals surface area contributed by atoms with E-state index >= 15 is 0 Å². The van der Waals surface area contributed by atoms with E-state index in [0.717, 1.165) is 19.2 Å². The van der Waals surface area contributed by atoms with Crippen LogP contribution in [0.25, 0.3) is 0 Å². The van der Waals surface area contributed by atoms with Crippen LogP contribution in [0, 0.1) is 5.41 Å². The molecule has 2 heteroatoms. The predicted octanol–water partition coefficient (Wildman–Crippen LogP) is 2.19. The van der Waals surface area contributed by atoms with Crippen LogP contribution in [-0.4, -0.2) is 26.3 Å². The molecule has 2 nitrogen and oxygen atoms in total. The standard InChI is InChI=1S/C11H23NO/c1-11(2)6-4-5-10(9-11)12-7-8-13-3/h10,12H,4-9H2,1-3H3/t10-/m0/s1. The molecule has 0 aromatic heterocycles. The van der Waals surface area contributed by atoms with Crippen LogP contribution in [0.5, 0.6) is 0 Å². The molecule has 0 aromatic rings. The number of methoxy groups -OCH3 is 1. The summed E-state index contributed by atoms with van der Waals surface area (Å²) in [6.07, 6.45) is 5.41. The van der Waals surface area contributed by atoms with Gasteiger partial charge in [0, 0.05) is 19.7 Å². The minimum absolute atomic E-state index is 0.545. The van der Waals surface area contributed by atoms with Gasteiger partial charge in [-0.15, -0.1) is 0 Å². The van der Waals surface area contributed by atoms with Crippen LogP contribution in [0.1, 0.15) is 39.5 Å². The Kier molecular flexibility index (Phi) is 4.20. The van der Waals surface area contributed by atoms with Gasteiger partial charge in [0.1, 0.15) is 0 Å². The number of hydrogen-bond donors (Lipinski definition) is 1. The van der Waals surface area contributed by atoms with E-state index in [0.29, 0.717) is 5.41 Å². The van der Waals surface area contributed by atoms with Gasteiger partial charge < -0.3 is 10.1 Å². The van der Waals surface area contributed by atoms with Crippen molar-refractivity contribution in [2.24, 2.45) is 5.41 Å². The molecule has 0 saturated heterocycles. The fourth-order valence-electron chi connectivity index (χ4n) is 2.24. The summed E-state index contributed by atoms with van der Waals surface area (Å²) in [5.74, 6) is 0. The molecule has 0 amide bonds. The second-order valence-electron chi connectivity index (χ2n) is 4.90. The second kappa shape index (κ2) is 4.97. The Hall–Kier alpha value is -0.0800. The molecule has 1 saturated carbocycles. The van der Waals surface area contributed by atoms with Gasteiger partial charge in [0.25, 0.3) is 0 Å². The molecular weight excluding hydrogens is 162 g/mol. The molecule has 1 aliphatic carbocycles. The molecule has 1 rings (SSSR count). The second-order valence-corrected chi connectivity index (χ2v) is 4.90. The van der Waals surface area contributed by atoms with Gasteiger partial charge >= 0.3 is 0 Å². The summed E-state index contributed by atoms with van der Waals surface area (Å²) < 4.78 is 5.02. The van der Waals surface area contributed by atoms with Crippen molar-refractivity contribution < 1.29 is 4.74 Å². The van der Waals surface area contributed by atoms with Crippen LogP contribution in [0.4, 0.5) is 0 Å². The van der Waals surface area contributed by atoms with Gasteiger partial charge in [-0.3, -0.25) is 0 Å². The Morgan fingerprint density at radius 3 is 2.85 bits per heavy atom. The van der Waals surface area contributed by atoms with E-state index in [1.54, 1.807) is 7.11 Å². The molecule has 13 heavy (non-hydrogen) atoms. The van der Waals surface area contributed by atoms with Crippen molar-refractivity contribution in [3.63, 3.8) is 0 Å². The van der Waals surface area contributed by atoms with Gasteiger partial charge in [-0.1, -0.05) is 20.3 Å². The normalized spacial score (nSPS) is 27.5. The molecule has 1 fully saturated rings. The average molecular weight is 185 g/mol. The third-order valence-electron chi connectivity index (χ3n) is 2.94. The Morgan fingerprint density at radius 1 is 1.46 bits per heavy atom. The van der Waals surface area contributed by atoms with Crippen molar-refractivity contribution in [1.82, 2.24) is 5.32 Å². The topological polar surface area (TPSA) is 21.3 Å². The molecule has 1 N–H and O–H groups in total. The zero-order chi connectivity index (χ0) is 9.73. The lowest BCUT2D eigenvalue weighted by atomic mass is 9.75. The zero-order valence-corrected chi connectivity index (χ0v) is 9.23. The summed E-state index contributed by atoms with van der Waals surface area (Å²) in [5, 5.41) is 3.55. The van der Waals surface area contributed by atoms with Crippen molar-refractivity contribution in [1.29, 1.82) is 0 Å². The molecule has 1 atom stereocenters. The minimum Gasteiger partial charge on any atom is -0.383 e. The zero-order valence-electron chi connectivity index (χ0n) is 9.23. The monoisotopic (exact) mass is 185 g/mol. The highest BCUT2D eigenvalue weighted by molar-refractivity contribution is 4.83. The molecular formula is C11H23NO. The molecule has 78 valence electrons. The van der Waals surface area contributed by atoms with Gasteiger partial charge in [0.15, 0.2) is 0 Å². The third-order valence-corrected chi connectivity index (χ3v) is 2.94. The fraction of sp³-hybridized carbons (Fsp3) is 1.00. The highest BCUT2D eigenvalue weighted by Gasteiger charge is 2.27. The van der Waals surface area contributed by atoms with E-state index in [-0.39, 0.29) is 0 Å². The smallest absolute Gasteiger partial charge is 0.0587 e. The van der Waals surface area contributed by atoms with Crippen LogP contribution in [0.2, 0.25) is 0 Å². The molecule has 0 aliphatic heterocycles. The first-order chi connectivity index (χ1) is 6.14. The van der Waals surface area contributed by atoms with E-state index in [4.69, 9.17) is 4.74 Å². The van der Waals surface area contributed by atoms with E-state index < -0.39 is 0 Å². The minimum atomic E-state index is 0.545. The van der Waals surface area contributed by atoms with Gasteiger partial charge in [-0.2, -0.15) is 0 Å². The largest absolute Gasteiger partial charge is 0.383 e. The van der Waals surface area contributed by atoms with Gasteiger partial charge in [-0.05, 0) is 24.7 Å².